The van der Waals surface area contributed by atoms with Gasteiger partial charge in [-0.3, -0.25) is 9.59 Å². The van der Waals surface area contributed by atoms with E-state index in [4.69, 9.17) is 0 Å². The van der Waals surface area contributed by atoms with Crippen molar-refractivity contribution in [1.82, 2.24) is 9.80 Å². The third-order valence-corrected chi connectivity index (χ3v) is 5.27. The van der Waals surface area contributed by atoms with Crippen LogP contribution in [0.15, 0.2) is 24.3 Å². The van der Waals surface area contributed by atoms with Crippen LogP contribution >= 0.6 is 0 Å². The summed E-state index contributed by atoms with van der Waals surface area (Å²) in [7, 11) is 0. The smallest absolute Gasteiger partial charge is 0.256 e. The highest BCUT2D eigenvalue weighted by Gasteiger charge is 2.26. The molecule has 1 aliphatic heterocycles. The van der Waals surface area contributed by atoms with Crippen molar-refractivity contribution in [3.8, 4) is 0 Å². The zero-order valence-electron chi connectivity index (χ0n) is 14.0. The molecule has 0 unspecified atom stereocenters. The van der Waals surface area contributed by atoms with Gasteiger partial charge in [0.25, 0.3) is 5.91 Å². The second-order valence-corrected chi connectivity index (χ2v) is 6.84. The standard InChI is InChI=1S/C19H25FN2O2/c20-17-8-4-3-7-16(17)19(24)22-13-11-21(12-14-22)18(23)10-9-15-5-1-2-6-15/h3-4,7-8,15H,1-2,5-6,9-14H2. The lowest BCUT2D eigenvalue weighted by Crippen LogP contribution is -2.50. The van der Waals surface area contributed by atoms with Crippen molar-refractivity contribution in [3.05, 3.63) is 35.6 Å². The SMILES string of the molecule is O=C(CCC1CCCC1)N1CCN(C(=O)c2ccccc2F)CC1. The molecule has 0 N–H and O–H groups in total. The number of benzene rings is 1. The van der Waals surface area contributed by atoms with Crippen LogP contribution in [0.3, 0.4) is 0 Å². The van der Waals surface area contributed by atoms with Crippen LogP contribution in [0, 0.1) is 11.7 Å². The molecule has 0 aromatic heterocycles. The fourth-order valence-electron chi connectivity index (χ4n) is 3.75. The average Bonchev–Trinajstić information content (AvgIpc) is 3.13. The molecule has 1 saturated carbocycles. The molecule has 130 valence electrons. The lowest BCUT2D eigenvalue weighted by atomic mass is 10.0. The molecular weight excluding hydrogens is 307 g/mol. The van der Waals surface area contributed by atoms with E-state index in [1.165, 1.54) is 37.8 Å². The van der Waals surface area contributed by atoms with Crippen molar-refractivity contribution in [2.45, 2.75) is 38.5 Å². The van der Waals surface area contributed by atoms with Gasteiger partial charge in [-0.2, -0.15) is 0 Å². The fourth-order valence-corrected chi connectivity index (χ4v) is 3.75. The molecule has 1 aromatic rings. The minimum Gasteiger partial charge on any atom is -0.339 e. The van der Waals surface area contributed by atoms with E-state index in [-0.39, 0.29) is 17.4 Å². The van der Waals surface area contributed by atoms with Crippen LogP contribution in [-0.2, 0) is 4.79 Å². The second kappa shape index (κ2) is 7.77. The summed E-state index contributed by atoms with van der Waals surface area (Å²) in [5.41, 5.74) is 0.110. The molecule has 1 aromatic carbocycles. The summed E-state index contributed by atoms with van der Waals surface area (Å²) in [4.78, 5) is 28.2. The highest BCUT2D eigenvalue weighted by molar-refractivity contribution is 5.94. The quantitative estimate of drug-likeness (QED) is 0.850. The molecule has 5 heteroatoms. The third kappa shape index (κ3) is 3.94. The van der Waals surface area contributed by atoms with Crippen LogP contribution in [0.1, 0.15) is 48.9 Å². The van der Waals surface area contributed by atoms with Gasteiger partial charge in [0.1, 0.15) is 5.82 Å². The Morgan fingerprint density at radius 3 is 2.29 bits per heavy atom. The van der Waals surface area contributed by atoms with E-state index in [0.29, 0.717) is 32.6 Å². The van der Waals surface area contributed by atoms with Crippen molar-refractivity contribution in [2.75, 3.05) is 26.2 Å². The summed E-state index contributed by atoms with van der Waals surface area (Å²) < 4.78 is 13.7. The molecule has 1 saturated heterocycles. The first kappa shape index (κ1) is 16.9. The number of halogens is 1. The Labute approximate surface area is 142 Å². The predicted octanol–water partition coefficient (Wildman–Crippen LogP) is 3.08. The van der Waals surface area contributed by atoms with Gasteiger partial charge in [-0.15, -0.1) is 0 Å². The molecule has 2 amide bonds. The number of rotatable bonds is 4. The van der Waals surface area contributed by atoms with Crippen LogP contribution < -0.4 is 0 Å². The topological polar surface area (TPSA) is 40.6 Å². The maximum atomic E-state index is 13.7. The van der Waals surface area contributed by atoms with Crippen molar-refractivity contribution >= 4 is 11.8 Å². The molecular formula is C19H25FN2O2. The molecule has 0 radical (unpaired) electrons. The molecule has 1 heterocycles. The Bertz CT molecular complexity index is 591. The molecule has 2 fully saturated rings. The van der Waals surface area contributed by atoms with Gasteiger partial charge in [-0.1, -0.05) is 37.8 Å². The van der Waals surface area contributed by atoms with Crippen LogP contribution in [0.25, 0.3) is 0 Å². The molecule has 24 heavy (non-hydrogen) atoms. The van der Waals surface area contributed by atoms with Gasteiger partial charge < -0.3 is 9.80 Å². The van der Waals surface area contributed by atoms with E-state index >= 15 is 0 Å². The minimum absolute atomic E-state index is 0.110. The van der Waals surface area contributed by atoms with Gasteiger partial charge in [-0.05, 0) is 24.5 Å². The van der Waals surface area contributed by atoms with E-state index in [9.17, 15) is 14.0 Å². The van der Waals surface area contributed by atoms with Gasteiger partial charge in [-0.25, -0.2) is 4.39 Å². The molecule has 2 aliphatic rings. The molecule has 1 aliphatic carbocycles. The summed E-state index contributed by atoms with van der Waals surface area (Å²) in [6, 6.07) is 6.05. The summed E-state index contributed by atoms with van der Waals surface area (Å²) >= 11 is 0. The summed E-state index contributed by atoms with van der Waals surface area (Å²) in [5, 5.41) is 0. The maximum absolute atomic E-state index is 13.7. The first-order valence-corrected chi connectivity index (χ1v) is 8.97. The average molecular weight is 332 g/mol. The molecule has 4 nitrogen and oxygen atoms in total. The number of hydrogen-bond acceptors (Lipinski definition) is 2. The maximum Gasteiger partial charge on any atom is 0.256 e. The van der Waals surface area contributed by atoms with Crippen LogP contribution in [0.4, 0.5) is 4.39 Å². The number of carbonyl (C=O) groups excluding carboxylic acids is 2. The van der Waals surface area contributed by atoms with E-state index < -0.39 is 5.82 Å². The predicted molar refractivity (Wildman–Crippen MR) is 90.1 cm³/mol. The van der Waals surface area contributed by atoms with Gasteiger partial charge in [0, 0.05) is 32.6 Å². The Morgan fingerprint density at radius 2 is 1.62 bits per heavy atom. The Balaban J connectivity index is 1.47. The lowest BCUT2D eigenvalue weighted by molar-refractivity contribution is -0.133. The Morgan fingerprint density at radius 1 is 1.00 bits per heavy atom. The summed E-state index contributed by atoms with van der Waals surface area (Å²) in [5.74, 6) is 0.140. The first-order chi connectivity index (χ1) is 11.6. The van der Waals surface area contributed by atoms with Crippen molar-refractivity contribution in [2.24, 2.45) is 5.92 Å². The molecule has 0 bridgehead atoms. The van der Waals surface area contributed by atoms with E-state index in [1.807, 2.05) is 4.90 Å². The van der Waals surface area contributed by atoms with E-state index in [0.717, 1.165) is 12.3 Å². The van der Waals surface area contributed by atoms with Gasteiger partial charge in [0.15, 0.2) is 0 Å². The zero-order chi connectivity index (χ0) is 16.9. The highest BCUT2D eigenvalue weighted by Crippen LogP contribution is 2.28. The van der Waals surface area contributed by atoms with E-state index in [2.05, 4.69) is 0 Å². The minimum atomic E-state index is -0.488. The van der Waals surface area contributed by atoms with Gasteiger partial charge >= 0.3 is 0 Å². The first-order valence-electron chi connectivity index (χ1n) is 8.97. The number of amides is 2. The van der Waals surface area contributed by atoms with Crippen molar-refractivity contribution in [1.29, 1.82) is 0 Å². The number of nitrogens with zero attached hydrogens (tertiary/aromatic N) is 2. The monoisotopic (exact) mass is 332 g/mol. The molecule has 0 spiro atoms. The van der Waals surface area contributed by atoms with Crippen LogP contribution in [-0.4, -0.2) is 47.8 Å². The lowest BCUT2D eigenvalue weighted by Gasteiger charge is -2.35. The zero-order valence-corrected chi connectivity index (χ0v) is 14.0. The van der Waals surface area contributed by atoms with Crippen LogP contribution in [0.5, 0.6) is 0 Å². The molecule has 3 rings (SSSR count). The molecule has 0 atom stereocenters. The Hall–Kier alpha value is -1.91. The highest BCUT2D eigenvalue weighted by atomic mass is 19.1. The van der Waals surface area contributed by atoms with Crippen LogP contribution in [0.2, 0.25) is 0 Å². The van der Waals surface area contributed by atoms with E-state index in [1.54, 1.807) is 17.0 Å². The number of piperazine rings is 1. The number of hydrogen-bond donors (Lipinski definition) is 0. The fraction of sp³-hybridized carbons (Fsp3) is 0.579. The van der Waals surface area contributed by atoms with Crippen molar-refractivity contribution in [3.63, 3.8) is 0 Å². The number of carbonyl (C=O) groups is 2. The summed E-state index contributed by atoms with van der Waals surface area (Å²) in [6.07, 6.45) is 6.74. The van der Waals surface area contributed by atoms with Crippen molar-refractivity contribution < 1.29 is 14.0 Å². The Kier molecular flexibility index (Phi) is 5.48. The van der Waals surface area contributed by atoms with Gasteiger partial charge in [0.05, 0.1) is 5.56 Å². The third-order valence-electron chi connectivity index (χ3n) is 5.27. The largest absolute Gasteiger partial charge is 0.339 e. The normalized spacial score (nSPS) is 18.9. The second-order valence-electron chi connectivity index (χ2n) is 6.84. The summed E-state index contributed by atoms with van der Waals surface area (Å²) in [6.45, 7) is 2.04. The van der Waals surface area contributed by atoms with Gasteiger partial charge in [0.2, 0.25) is 5.91 Å².